The standard InChI is InChI=1S/C13H16O2/c1-7-5-10(14)11-8-3-4-9(6-8)13(11,2)12(7)15/h3-5,8-11,14H,6H2,1-2H3/t8-,9+,10+,11+,13+/m1/s1. The summed E-state index contributed by atoms with van der Waals surface area (Å²) in [5.74, 6) is 1.11. The molecule has 0 aromatic carbocycles. The third kappa shape index (κ3) is 0.913. The van der Waals surface area contributed by atoms with Crippen molar-refractivity contribution in [1.82, 2.24) is 0 Å². The first-order valence-electron chi connectivity index (χ1n) is 5.64. The van der Waals surface area contributed by atoms with Crippen molar-refractivity contribution in [1.29, 1.82) is 0 Å². The SMILES string of the molecule is CC1=C[C@H](O)[C@@H]2[C@@H]3C=C[C@@H](C3)[C@]2(C)C1=O. The van der Waals surface area contributed by atoms with Crippen LogP contribution in [0.5, 0.6) is 0 Å². The fourth-order valence-electron chi connectivity index (χ4n) is 3.92. The molecule has 1 fully saturated rings. The summed E-state index contributed by atoms with van der Waals surface area (Å²) in [4.78, 5) is 12.3. The molecule has 5 atom stereocenters. The van der Waals surface area contributed by atoms with Gasteiger partial charge in [-0.2, -0.15) is 0 Å². The summed E-state index contributed by atoms with van der Waals surface area (Å²) in [6.45, 7) is 3.86. The Labute approximate surface area is 89.7 Å². The number of hydrogen-bond donors (Lipinski definition) is 1. The van der Waals surface area contributed by atoms with Gasteiger partial charge in [0, 0.05) is 11.3 Å². The number of carbonyl (C=O) groups excluding carboxylic acids is 1. The van der Waals surface area contributed by atoms with Gasteiger partial charge in [-0.15, -0.1) is 0 Å². The van der Waals surface area contributed by atoms with Crippen LogP contribution in [0.1, 0.15) is 20.3 Å². The third-order valence-corrected chi connectivity index (χ3v) is 4.68. The molecule has 2 bridgehead atoms. The van der Waals surface area contributed by atoms with Crippen molar-refractivity contribution in [2.24, 2.45) is 23.2 Å². The van der Waals surface area contributed by atoms with E-state index in [0.717, 1.165) is 12.0 Å². The van der Waals surface area contributed by atoms with Crippen molar-refractivity contribution in [2.75, 3.05) is 0 Å². The van der Waals surface area contributed by atoms with Crippen LogP contribution in [-0.4, -0.2) is 17.0 Å². The Bertz CT molecular complexity index is 393. The van der Waals surface area contributed by atoms with E-state index in [1.807, 2.05) is 13.8 Å². The van der Waals surface area contributed by atoms with E-state index in [1.54, 1.807) is 6.08 Å². The number of Topliss-reactive ketones (excluding diaryl/α,β-unsaturated/α-hetero) is 1. The fraction of sp³-hybridized carbons (Fsp3) is 0.615. The van der Waals surface area contributed by atoms with E-state index in [4.69, 9.17) is 0 Å². The van der Waals surface area contributed by atoms with E-state index < -0.39 is 6.10 Å². The minimum atomic E-state index is -0.437. The molecule has 0 heterocycles. The first kappa shape index (κ1) is 9.34. The van der Waals surface area contributed by atoms with Gasteiger partial charge in [-0.1, -0.05) is 19.1 Å². The van der Waals surface area contributed by atoms with Gasteiger partial charge in [0.05, 0.1) is 6.10 Å². The number of rotatable bonds is 0. The Morgan fingerprint density at radius 3 is 2.93 bits per heavy atom. The number of hydrogen-bond acceptors (Lipinski definition) is 2. The Kier molecular flexibility index (Phi) is 1.63. The molecular formula is C13H16O2. The second-order valence-corrected chi connectivity index (χ2v) is 5.37. The summed E-state index contributed by atoms with van der Waals surface area (Å²) in [7, 11) is 0. The van der Waals surface area contributed by atoms with Crippen LogP contribution < -0.4 is 0 Å². The van der Waals surface area contributed by atoms with Crippen molar-refractivity contribution in [3.63, 3.8) is 0 Å². The lowest BCUT2D eigenvalue weighted by Crippen LogP contribution is -2.47. The summed E-state index contributed by atoms with van der Waals surface area (Å²) >= 11 is 0. The normalized spacial score (nSPS) is 51.9. The summed E-state index contributed by atoms with van der Waals surface area (Å²) in [6.07, 6.45) is 6.70. The molecule has 2 nitrogen and oxygen atoms in total. The van der Waals surface area contributed by atoms with E-state index in [-0.39, 0.29) is 17.1 Å². The molecule has 80 valence electrons. The molecule has 3 aliphatic rings. The van der Waals surface area contributed by atoms with Crippen LogP contribution in [0.25, 0.3) is 0 Å². The number of carbonyl (C=O) groups is 1. The highest BCUT2D eigenvalue weighted by Gasteiger charge is 2.60. The third-order valence-electron chi connectivity index (χ3n) is 4.68. The monoisotopic (exact) mass is 204 g/mol. The maximum atomic E-state index is 12.3. The zero-order valence-corrected chi connectivity index (χ0v) is 9.10. The highest BCUT2D eigenvalue weighted by molar-refractivity contribution is 6.01. The maximum absolute atomic E-state index is 12.3. The lowest BCUT2D eigenvalue weighted by Gasteiger charge is -2.42. The predicted octanol–water partition coefficient (Wildman–Crippen LogP) is 1.70. The van der Waals surface area contributed by atoms with Crippen LogP contribution in [0.2, 0.25) is 0 Å². The summed E-state index contributed by atoms with van der Waals surface area (Å²) in [6, 6.07) is 0. The van der Waals surface area contributed by atoms with Gasteiger partial charge in [0.1, 0.15) is 0 Å². The number of allylic oxidation sites excluding steroid dienone is 3. The molecule has 3 rings (SSSR count). The highest BCUT2D eigenvalue weighted by atomic mass is 16.3. The predicted molar refractivity (Wildman–Crippen MR) is 57.1 cm³/mol. The quantitative estimate of drug-likeness (QED) is 0.610. The number of aliphatic hydroxyl groups is 1. The van der Waals surface area contributed by atoms with Crippen LogP contribution in [0.4, 0.5) is 0 Å². The van der Waals surface area contributed by atoms with Crippen LogP contribution in [0.3, 0.4) is 0 Å². The molecular weight excluding hydrogens is 188 g/mol. The van der Waals surface area contributed by atoms with E-state index in [1.165, 1.54) is 0 Å². The van der Waals surface area contributed by atoms with Crippen molar-refractivity contribution in [3.8, 4) is 0 Å². The van der Waals surface area contributed by atoms with Gasteiger partial charge in [0.15, 0.2) is 5.78 Å². The zero-order chi connectivity index (χ0) is 10.8. The summed E-state index contributed by atoms with van der Waals surface area (Å²) in [5, 5.41) is 10.1. The van der Waals surface area contributed by atoms with Gasteiger partial charge < -0.3 is 5.11 Å². The van der Waals surface area contributed by atoms with Crippen molar-refractivity contribution < 1.29 is 9.90 Å². The number of ketones is 1. The summed E-state index contributed by atoms with van der Waals surface area (Å²) in [5.41, 5.74) is 0.403. The molecule has 1 N–H and O–H groups in total. The van der Waals surface area contributed by atoms with Gasteiger partial charge >= 0.3 is 0 Å². The minimum Gasteiger partial charge on any atom is -0.389 e. The molecule has 0 aliphatic heterocycles. The van der Waals surface area contributed by atoms with E-state index >= 15 is 0 Å². The fourth-order valence-corrected chi connectivity index (χ4v) is 3.92. The Morgan fingerprint density at radius 2 is 2.20 bits per heavy atom. The second-order valence-electron chi connectivity index (χ2n) is 5.37. The lowest BCUT2D eigenvalue weighted by molar-refractivity contribution is -0.131. The Morgan fingerprint density at radius 1 is 1.47 bits per heavy atom. The number of fused-ring (bicyclic) bond motifs is 5. The Hall–Kier alpha value is -0.890. The topological polar surface area (TPSA) is 37.3 Å². The lowest BCUT2D eigenvalue weighted by atomic mass is 9.61. The van der Waals surface area contributed by atoms with Crippen molar-refractivity contribution >= 4 is 5.78 Å². The van der Waals surface area contributed by atoms with Crippen molar-refractivity contribution in [3.05, 3.63) is 23.8 Å². The molecule has 2 heteroatoms. The van der Waals surface area contributed by atoms with E-state index in [0.29, 0.717) is 11.8 Å². The average Bonchev–Trinajstić information content (AvgIpc) is 2.73. The molecule has 15 heavy (non-hydrogen) atoms. The van der Waals surface area contributed by atoms with Crippen LogP contribution in [0, 0.1) is 23.2 Å². The summed E-state index contributed by atoms with van der Waals surface area (Å²) < 4.78 is 0. The smallest absolute Gasteiger partial charge is 0.165 e. The first-order chi connectivity index (χ1) is 7.05. The van der Waals surface area contributed by atoms with E-state index in [9.17, 15) is 9.90 Å². The second kappa shape index (κ2) is 2.62. The highest BCUT2D eigenvalue weighted by Crippen LogP contribution is 2.60. The molecule has 0 saturated heterocycles. The molecule has 0 spiro atoms. The molecule has 3 aliphatic carbocycles. The average molecular weight is 204 g/mol. The molecule has 1 saturated carbocycles. The first-order valence-corrected chi connectivity index (χ1v) is 5.64. The largest absolute Gasteiger partial charge is 0.389 e. The van der Waals surface area contributed by atoms with Crippen LogP contribution in [-0.2, 0) is 4.79 Å². The molecule has 0 radical (unpaired) electrons. The minimum absolute atomic E-state index is 0.115. The van der Waals surface area contributed by atoms with Gasteiger partial charge in [-0.05, 0) is 36.8 Å². The zero-order valence-electron chi connectivity index (χ0n) is 9.10. The van der Waals surface area contributed by atoms with E-state index in [2.05, 4.69) is 12.2 Å². The molecule has 0 aromatic rings. The van der Waals surface area contributed by atoms with Gasteiger partial charge in [-0.3, -0.25) is 4.79 Å². The van der Waals surface area contributed by atoms with Crippen molar-refractivity contribution in [2.45, 2.75) is 26.4 Å². The Balaban J connectivity index is 2.15. The van der Waals surface area contributed by atoms with Crippen LogP contribution >= 0.6 is 0 Å². The molecule has 0 aromatic heterocycles. The van der Waals surface area contributed by atoms with Crippen LogP contribution in [0.15, 0.2) is 23.8 Å². The van der Waals surface area contributed by atoms with Gasteiger partial charge in [0.25, 0.3) is 0 Å². The molecule has 0 unspecified atom stereocenters. The van der Waals surface area contributed by atoms with Gasteiger partial charge in [0.2, 0.25) is 0 Å². The maximum Gasteiger partial charge on any atom is 0.165 e. The molecule has 0 amide bonds. The number of aliphatic hydroxyl groups excluding tert-OH is 1. The van der Waals surface area contributed by atoms with Gasteiger partial charge in [-0.25, -0.2) is 0 Å².